The lowest BCUT2D eigenvalue weighted by atomic mass is 10.1. The van der Waals surface area contributed by atoms with Gasteiger partial charge < -0.3 is 15.3 Å². The predicted molar refractivity (Wildman–Crippen MR) is 138 cm³/mol. The van der Waals surface area contributed by atoms with E-state index in [-0.39, 0.29) is 18.0 Å². The van der Waals surface area contributed by atoms with E-state index >= 15 is 0 Å². The van der Waals surface area contributed by atoms with Crippen LogP contribution in [0.1, 0.15) is 63.6 Å². The highest BCUT2D eigenvalue weighted by atomic mass is 16.3. The van der Waals surface area contributed by atoms with Crippen molar-refractivity contribution < 1.29 is 19.5 Å². The van der Waals surface area contributed by atoms with Crippen LogP contribution in [0.5, 0.6) is 5.75 Å². The molecule has 0 aliphatic carbocycles. The van der Waals surface area contributed by atoms with E-state index in [0.29, 0.717) is 24.2 Å². The Hall–Kier alpha value is -4.33. The van der Waals surface area contributed by atoms with E-state index in [1.807, 2.05) is 12.1 Å². The fourth-order valence-corrected chi connectivity index (χ4v) is 3.76. The Labute approximate surface area is 209 Å². The highest BCUT2D eigenvalue weighted by molar-refractivity contribution is 5.99. The number of aryl methyl sites for hydroxylation is 1. The van der Waals surface area contributed by atoms with Crippen molar-refractivity contribution in [3.63, 3.8) is 0 Å². The predicted octanol–water partition coefficient (Wildman–Crippen LogP) is 5.12. The van der Waals surface area contributed by atoms with Gasteiger partial charge in [0.1, 0.15) is 5.75 Å². The molecule has 0 fully saturated rings. The van der Waals surface area contributed by atoms with E-state index in [4.69, 9.17) is 0 Å². The van der Waals surface area contributed by atoms with Crippen LogP contribution in [0.25, 0.3) is 0 Å². The van der Waals surface area contributed by atoms with Crippen molar-refractivity contribution in [3.05, 3.63) is 99.5 Å². The van der Waals surface area contributed by atoms with Gasteiger partial charge in [-0.05, 0) is 59.9 Å². The van der Waals surface area contributed by atoms with Gasteiger partial charge in [0, 0.05) is 23.0 Å². The fourth-order valence-electron chi connectivity index (χ4n) is 3.76. The number of carbonyl (C=O) groups is 3. The third-order valence-corrected chi connectivity index (χ3v) is 5.87. The molecule has 186 valence electrons. The summed E-state index contributed by atoms with van der Waals surface area (Å²) in [5.74, 6) is -1.73. The molecule has 0 aliphatic rings. The van der Waals surface area contributed by atoms with Gasteiger partial charge >= 0.3 is 5.91 Å². The molecule has 0 radical (unpaired) electrons. The molecule has 0 saturated heterocycles. The Morgan fingerprint density at radius 2 is 1.61 bits per heavy atom. The van der Waals surface area contributed by atoms with Crippen molar-refractivity contribution in [3.8, 4) is 5.75 Å². The average molecular weight is 488 g/mol. The summed E-state index contributed by atoms with van der Waals surface area (Å²) in [5, 5.41) is 15.0. The number of phenols is 1. The zero-order chi connectivity index (χ0) is 25.9. The smallest absolute Gasteiger partial charge is 0.320 e. The minimum absolute atomic E-state index is 0.156. The monoisotopic (exact) mass is 487 g/mol. The van der Waals surface area contributed by atoms with Crippen LogP contribution in [0.3, 0.4) is 0 Å². The molecule has 0 atom stereocenters. The zero-order valence-electron chi connectivity index (χ0n) is 20.1. The summed E-state index contributed by atoms with van der Waals surface area (Å²) in [6.07, 6.45) is 5.24. The first kappa shape index (κ1) is 26.3. The van der Waals surface area contributed by atoms with E-state index in [2.05, 4.69) is 29.6 Å². The molecule has 3 amide bonds. The summed E-state index contributed by atoms with van der Waals surface area (Å²) in [4.78, 5) is 47.7. The van der Waals surface area contributed by atoms with E-state index in [1.165, 1.54) is 47.9 Å². The van der Waals surface area contributed by atoms with Crippen LogP contribution in [-0.2, 0) is 24.3 Å². The summed E-state index contributed by atoms with van der Waals surface area (Å²) in [5.41, 5.74) is 3.58. The van der Waals surface area contributed by atoms with Gasteiger partial charge in [-0.15, -0.1) is 4.91 Å². The molecular weight excluding hydrogens is 458 g/mol. The Morgan fingerprint density at radius 3 is 2.25 bits per heavy atom. The zero-order valence-corrected chi connectivity index (χ0v) is 20.1. The van der Waals surface area contributed by atoms with Gasteiger partial charge in [0.2, 0.25) is 6.41 Å². The maximum Gasteiger partial charge on any atom is 0.320 e. The molecule has 0 aromatic heterocycles. The van der Waals surface area contributed by atoms with Crippen molar-refractivity contribution in [1.29, 1.82) is 0 Å². The molecule has 0 aliphatic heterocycles. The average Bonchev–Trinajstić information content (AvgIpc) is 2.91. The van der Waals surface area contributed by atoms with Crippen molar-refractivity contribution in [1.82, 2.24) is 5.32 Å². The maximum atomic E-state index is 12.6. The van der Waals surface area contributed by atoms with E-state index < -0.39 is 11.7 Å². The topological polar surface area (TPSA) is 116 Å². The Morgan fingerprint density at radius 1 is 0.944 bits per heavy atom. The number of nitrogens with one attached hydrogen (secondary N) is 1. The third kappa shape index (κ3) is 7.09. The van der Waals surface area contributed by atoms with Crippen molar-refractivity contribution in [2.24, 2.45) is 5.18 Å². The minimum Gasteiger partial charge on any atom is -0.507 e. The Kier molecular flexibility index (Phi) is 9.45. The number of unbranched alkanes of at least 4 members (excludes halogenated alkanes) is 2. The van der Waals surface area contributed by atoms with Crippen LogP contribution >= 0.6 is 0 Å². The second kappa shape index (κ2) is 12.9. The molecule has 0 spiro atoms. The molecule has 0 bridgehead atoms. The van der Waals surface area contributed by atoms with Gasteiger partial charge in [0.15, 0.2) is 0 Å². The number of anilines is 1. The number of rotatable bonds is 12. The standard InChI is InChI=1S/C28H29N3O5/c1-2-3-4-5-20-6-8-21(9-7-20)17-29-27(34)23-12-10-22(11-13-23)18-31(19-32)24-14-15-26(33)25(16-24)28(35)30-36/h6-16,19,33H,2-5,17-18H2,1H3,(H,29,34). The number of hydrogen-bond acceptors (Lipinski definition) is 5. The molecule has 8 nitrogen and oxygen atoms in total. The number of benzene rings is 3. The lowest BCUT2D eigenvalue weighted by Crippen LogP contribution is -2.23. The van der Waals surface area contributed by atoms with Crippen molar-refractivity contribution in [2.45, 2.75) is 45.7 Å². The van der Waals surface area contributed by atoms with Gasteiger partial charge in [-0.2, -0.15) is 0 Å². The molecule has 0 heterocycles. The highest BCUT2D eigenvalue weighted by Crippen LogP contribution is 2.25. The maximum absolute atomic E-state index is 12.6. The number of nitroso groups, excluding NO2 is 1. The molecule has 3 rings (SSSR count). The molecule has 2 N–H and O–H groups in total. The quantitative estimate of drug-likeness (QED) is 0.209. The number of aromatic hydroxyl groups is 1. The van der Waals surface area contributed by atoms with Crippen LogP contribution in [0.4, 0.5) is 5.69 Å². The second-order valence-electron chi connectivity index (χ2n) is 8.48. The normalized spacial score (nSPS) is 10.5. The summed E-state index contributed by atoms with van der Waals surface area (Å²) in [6, 6.07) is 19.0. The largest absolute Gasteiger partial charge is 0.507 e. The summed E-state index contributed by atoms with van der Waals surface area (Å²) in [6.45, 7) is 2.77. The molecular formula is C28H29N3O5. The third-order valence-electron chi connectivity index (χ3n) is 5.87. The highest BCUT2D eigenvalue weighted by Gasteiger charge is 2.16. The van der Waals surface area contributed by atoms with Gasteiger partial charge in [0.05, 0.1) is 12.1 Å². The molecule has 3 aromatic carbocycles. The summed E-state index contributed by atoms with van der Waals surface area (Å²) in [7, 11) is 0. The Bertz CT molecular complexity index is 1210. The fraction of sp³-hybridized carbons (Fsp3) is 0.250. The van der Waals surface area contributed by atoms with Gasteiger partial charge in [0.25, 0.3) is 5.91 Å². The number of phenolic OH excluding ortho intramolecular Hbond substituents is 1. The number of hydrogen-bond donors (Lipinski definition) is 2. The minimum atomic E-state index is -1.13. The van der Waals surface area contributed by atoms with Crippen LogP contribution in [0.2, 0.25) is 0 Å². The van der Waals surface area contributed by atoms with Crippen LogP contribution in [0.15, 0.2) is 71.9 Å². The Balaban J connectivity index is 1.58. The van der Waals surface area contributed by atoms with Crippen LogP contribution in [0, 0.1) is 4.91 Å². The van der Waals surface area contributed by atoms with Gasteiger partial charge in [-0.1, -0.05) is 56.2 Å². The summed E-state index contributed by atoms with van der Waals surface area (Å²) < 4.78 is 0. The van der Waals surface area contributed by atoms with Gasteiger partial charge in [-0.25, -0.2) is 0 Å². The molecule has 3 aromatic rings. The summed E-state index contributed by atoms with van der Waals surface area (Å²) >= 11 is 0. The van der Waals surface area contributed by atoms with Crippen molar-refractivity contribution >= 4 is 23.9 Å². The number of amides is 3. The van der Waals surface area contributed by atoms with E-state index in [0.717, 1.165) is 17.5 Å². The number of nitrogens with zero attached hydrogens (tertiary/aromatic N) is 2. The van der Waals surface area contributed by atoms with Gasteiger partial charge in [-0.3, -0.25) is 14.4 Å². The second-order valence-corrected chi connectivity index (χ2v) is 8.48. The van der Waals surface area contributed by atoms with E-state index in [9.17, 15) is 24.4 Å². The number of carbonyl (C=O) groups excluding carboxylic acids is 3. The van der Waals surface area contributed by atoms with E-state index in [1.54, 1.807) is 24.3 Å². The first-order valence-corrected chi connectivity index (χ1v) is 11.8. The van der Waals surface area contributed by atoms with Crippen LogP contribution < -0.4 is 10.2 Å². The molecule has 0 unspecified atom stereocenters. The molecule has 36 heavy (non-hydrogen) atoms. The lowest BCUT2D eigenvalue weighted by molar-refractivity contribution is -0.107. The van der Waals surface area contributed by atoms with Crippen molar-refractivity contribution in [2.75, 3.05) is 4.90 Å². The first-order valence-electron chi connectivity index (χ1n) is 11.8. The first-order chi connectivity index (χ1) is 17.4. The SMILES string of the molecule is CCCCCc1ccc(CNC(=O)c2ccc(CN(C=O)c3ccc(O)c(C(=O)N=O)c3)cc2)cc1. The molecule has 8 heteroatoms. The lowest BCUT2D eigenvalue weighted by Gasteiger charge is -2.18. The van der Waals surface area contributed by atoms with Crippen LogP contribution in [-0.4, -0.2) is 23.3 Å². The molecule has 0 saturated carbocycles.